The highest BCUT2D eigenvalue weighted by Gasteiger charge is 2.42. The molecule has 1 aliphatic carbocycles. The lowest BCUT2D eigenvalue weighted by molar-refractivity contribution is -0.206. The van der Waals surface area contributed by atoms with Crippen LogP contribution in [0.3, 0.4) is 0 Å². The number of hydrogen-bond acceptors (Lipinski definition) is 9. The fraction of sp³-hybridized carbons (Fsp3) is 0.333. The number of nitrogens with two attached hydrogens (primary N) is 1. The first kappa shape index (κ1) is 26.1. The van der Waals surface area contributed by atoms with Gasteiger partial charge in [0.2, 0.25) is 0 Å². The molecule has 1 fully saturated rings. The summed E-state index contributed by atoms with van der Waals surface area (Å²) in [5, 5.41) is 9.41. The summed E-state index contributed by atoms with van der Waals surface area (Å²) in [6, 6.07) is 7.80. The second-order valence-corrected chi connectivity index (χ2v) is 10.7. The minimum Gasteiger partial charge on any atom is -0.456 e. The fourth-order valence-electron chi connectivity index (χ4n) is 5.10. The maximum Gasteiger partial charge on any atom is 0.490 e. The Balaban J connectivity index is 1.26. The van der Waals surface area contributed by atoms with E-state index in [9.17, 15) is 18.0 Å². The molecule has 1 aromatic carbocycles. The molecule has 4 aromatic heterocycles. The molecule has 1 saturated carbocycles. The monoisotopic (exact) mass is 570 g/mol. The first-order chi connectivity index (χ1) is 19.2. The van der Waals surface area contributed by atoms with Gasteiger partial charge >= 0.3 is 12.1 Å². The Bertz CT molecular complexity index is 1700. The molecule has 5 aromatic rings. The third-order valence-corrected chi connectivity index (χ3v) is 8.09. The number of nitrogen functional groups attached to an aromatic ring is 1. The van der Waals surface area contributed by atoms with Gasteiger partial charge in [0, 0.05) is 41.0 Å². The fourth-order valence-corrected chi connectivity index (χ4v) is 6.15. The van der Waals surface area contributed by atoms with Crippen molar-refractivity contribution < 1.29 is 27.1 Å². The van der Waals surface area contributed by atoms with Gasteiger partial charge in [0.15, 0.2) is 16.5 Å². The Morgan fingerprint density at radius 1 is 1.23 bits per heavy atom. The van der Waals surface area contributed by atoms with E-state index in [1.807, 2.05) is 37.4 Å². The number of alkyl halides is 3. The van der Waals surface area contributed by atoms with Crippen molar-refractivity contribution in [2.24, 2.45) is 0 Å². The van der Waals surface area contributed by atoms with E-state index in [0.29, 0.717) is 37.0 Å². The number of hydrogen-bond donors (Lipinski definition) is 2. The van der Waals surface area contributed by atoms with Crippen molar-refractivity contribution >= 4 is 49.4 Å². The Labute approximate surface area is 230 Å². The van der Waals surface area contributed by atoms with Crippen molar-refractivity contribution in [3.63, 3.8) is 0 Å². The van der Waals surface area contributed by atoms with Crippen molar-refractivity contribution in [1.82, 2.24) is 19.7 Å². The number of nitrogens with one attached hydrogen (secondary N) is 1. The summed E-state index contributed by atoms with van der Waals surface area (Å²) in [7, 11) is 0. The number of fused-ring (bicyclic) bond motifs is 2. The average molecular weight is 571 g/mol. The van der Waals surface area contributed by atoms with E-state index in [2.05, 4.69) is 25.1 Å². The number of thiazole rings is 1. The second-order valence-electron chi connectivity index (χ2n) is 9.66. The van der Waals surface area contributed by atoms with Crippen LogP contribution in [0.15, 0.2) is 47.3 Å². The van der Waals surface area contributed by atoms with E-state index in [0.717, 1.165) is 44.0 Å². The highest BCUT2D eigenvalue weighted by atomic mass is 32.1. The lowest BCUT2D eigenvalue weighted by atomic mass is 9.93. The van der Waals surface area contributed by atoms with Gasteiger partial charge in [0.05, 0.1) is 22.5 Å². The predicted octanol–water partition coefficient (Wildman–Crippen LogP) is 6.57. The number of furan rings is 1. The lowest BCUT2D eigenvalue weighted by Crippen LogP contribution is -2.32. The standard InChI is InChI=1S/C27H25F3N6O3S/c1-2-32-26-35-20-5-3-4-17(23(20)40-26)21-10-18-19(12-33-24(31)22(18)39-21)14-11-34-36(13-14)15-6-8-16(9-7-15)38-25(37)27(28,29)30/h3-5,10-13,15-16H,2,6-9H2,1H3,(H2,31,33)(H,32,35)/t15-,16-. The predicted molar refractivity (Wildman–Crippen MR) is 146 cm³/mol. The number of aromatic nitrogens is 4. The van der Waals surface area contributed by atoms with Crippen LogP contribution in [-0.2, 0) is 9.53 Å². The van der Waals surface area contributed by atoms with Crippen molar-refractivity contribution in [2.45, 2.75) is 50.9 Å². The topological polar surface area (TPSA) is 121 Å². The lowest BCUT2D eigenvalue weighted by Gasteiger charge is -2.28. The number of pyridine rings is 1. The molecule has 0 radical (unpaired) electrons. The van der Waals surface area contributed by atoms with Crippen LogP contribution >= 0.6 is 11.3 Å². The molecule has 0 aliphatic heterocycles. The Morgan fingerprint density at radius 2 is 2.02 bits per heavy atom. The van der Waals surface area contributed by atoms with Crippen molar-refractivity contribution in [1.29, 1.82) is 0 Å². The Morgan fingerprint density at radius 3 is 2.77 bits per heavy atom. The molecule has 6 rings (SSSR count). The van der Waals surface area contributed by atoms with Gasteiger partial charge in [0.25, 0.3) is 0 Å². The molecule has 1 aliphatic rings. The van der Waals surface area contributed by atoms with Crippen LogP contribution < -0.4 is 11.1 Å². The van der Waals surface area contributed by atoms with Crippen LogP contribution in [0.25, 0.3) is 43.6 Å². The van der Waals surface area contributed by atoms with E-state index in [1.54, 1.807) is 28.4 Å². The maximum absolute atomic E-state index is 12.5. The smallest absolute Gasteiger partial charge is 0.456 e. The molecular formula is C27H25F3N6O3S. The van der Waals surface area contributed by atoms with Gasteiger partial charge in [-0.3, -0.25) is 4.68 Å². The number of halogens is 3. The zero-order valence-electron chi connectivity index (χ0n) is 21.4. The molecule has 0 amide bonds. The van der Waals surface area contributed by atoms with Gasteiger partial charge in [0.1, 0.15) is 11.9 Å². The molecule has 4 heterocycles. The summed E-state index contributed by atoms with van der Waals surface area (Å²) in [6.45, 7) is 2.79. The molecule has 0 bridgehead atoms. The third kappa shape index (κ3) is 4.85. The maximum atomic E-state index is 12.5. The van der Waals surface area contributed by atoms with Crippen molar-refractivity contribution in [2.75, 3.05) is 17.6 Å². The Hall–Kier alpha value is -4.13. The normalized spacial score (nSPS) is 17.9. The minimum atomic E-state index is -4.98. The zero-order valence-corrected chi connectivity index (χ0v) is 22.2. The molecule has 0 saturated heterocycles. The van der Waals surface area contributed by atoms with Crippen LogP contribution in [0.5, 0.6) is 0 Å². The van der Waals surface area contributed by atoms with Gasteiger partial charge < -0.3 is 20.2 Å². The van der Waals surface area contributed by atoms with Crippen molar-refractivity contribution in [3.8, 4) is 22.5 Å². The van der Waals surface area contributed by atoms with Gasteiger partial charge in [-0.1, -0.05) is 17.4 Å². The second kappa shape index (κ2) is 10.1. The molecule has 13 heteroatoms. The number of carbonyl (C=O) groups excluding carboxylic acids is 1. The van der Waals surface area contributed by atoms with Crippen LogP contribution in [0, 0.1) is 0 Å². The summed E-state index contributed by atoms with van der Waals surface area (Å²) >= 11 is 1.56. The molecule has 40 heavy (non-hydrogen) atoms. The van der Waals surface area contributed by atoms with Gasteiger partial charge in [-0.15, -0.1) is 0 Å². The van der Waals surface area contributed by atoms with Gasteiger partial charge in [-0.25, -0.2) is 14.8 Å². The summed E-state index contributed by atoms with van der Waals surface area (Å²) < 4.78 is 51.2. The molecule has 208 valence electrons. The van der Waals surface area contributed by atoms with Crippen LogP contribution in [0.1, 0.15) is 38.6 Å². The van der Waals surface area contributed by atoms with Crippen molar-refractivity contribution in [3.05, 3.63) is 42.9 Å². The average Bonchev–Trinajstić information content (AvgIpc) is 3.67. The van der Waals surface area contributed by atoms with Crippen LogP contribution in [0.4, 0.5) is 24.1 Å². The molecule has 0 spiro atoms. The third-order valence-electron chi connectivity index (χ3n) is 7.03. The summed E-state index contributed by atoms with van der Waals surface area (Å²) in [4.78, 5) is 20.2. The highest BCUT2D eigenvalue weighted by Crippen LogP contribution is 2.41. The highest BCUT2D eigenvalue weighted by molar-refractivity contribution is 7.22. The SMILES string of the molecule is CCNc1nc2cccc(-c3cc4c(-c5cnn([C@H]6CC[C@H](OC(=O)C(F)(F)F)CC6)c5)cnc(N)c4o3)c2s1. The summed E-state index contributed by atoms with van der Waals surface area (Å²) in [5.41, 5.74) is 10.0. The van der Waals surface area contributed by atoms with Gasteiger partial charge in [-0.05, 0) is 50.8 Å². The number of carbonyl (C=O) groups is 1. The summed E-state index contributed by atoms with van der Waals surface area (Å²) in [5.74, 6) is -1.22. The first-order valence-electron chi connectivity index (χ1n) is 12.9. The largest absolute Gasteiger partial charge is 0.490 e. The van der Waals surface area contributed by atoms with Gasteiger partial charge in [-0.2, -0.15) is 18.3 Å². The quantitative estimate of drug-likeness (QED) is 0.220. The van der Waals surface area contributed by atoms with Crippen LogP contribution in [-0.4, -0.2) is 44.5 Å². The number of benzene rings is 1. The summed E-state index contributed by atoms with van der Waals surface area (Å²) in [6.07, 6.45) is 1.30. The number of rotatable bonds is 6. The number of nitrogens with zero attached hydrogens (tertiary/aromatic N) is 4. The Kier molecular flexibility index (Phi) is 6.61. The first-order valence-corrected chi connectivity index (χ1v) is 13.7. The molecule has 9 nitrogen and oxygen atoms in total. The van der Waals surface area contributed by atoms with E-state index in [-0.39, 0.29) is 11.9 Å². The molecule has 0 unspecified atom stereocenters. The van der Waals surface area contributed by atoms with E-state index in [1.165, 1.54) is 0 Å². The van der Waals surface area contributed by atoms with E-state index >= 15 is 0 Å². The zero-order chi connectivity index (χ0) is 28.0. The molecule has 0 atom stereocenters. The number of esters is 1. The molecular weight excluding hydrogens is 545 g/mol. The number of anilines is 2. The van der Waals surface area contributed by atoms with Crippen LogP contribution in [0.2, 0.25) is 0 Å². The molecule has 3 N–H and O–H groups in total. The van der Waals surface area contributed by atoms with E-state index < -0.39 is 18.2 Å². The number of ether oxygens (including phenoxy) is 1. The minimum absolute atomic E-state index is 0.0263. The van der Waals surface area contributed by atoms with E-state index in [4.69, 9.17) is 10.2 Å².